The standard InChI is InChI=1S/C21H21ClN2O4.ClH/c22-14-6-7-18-15(11-14)17(25)12-20(28-18)21(26)23-13-16(19-5-4-10-27-19)24-8-2-1-3-9-24;/h4-7,10-12,16H,1-3,8-9,13H2,(H,23,26);1H. The van der Waals surface area contributed by atoms with Gasteiger partial charge in [0, 0.05) is 17.6 Å². The fraction of sp³-hybridized carbons (Fsp3) is 0.333. The normalized spacial score (nSPS) is 15.6. The molecule has 4 rings (SSSR count). The van der Waals surface area contributed by atoms with Crippen molar-refractivity contribution in [2.24, 2.45) is 0 Å². The van der Waals surface area contributed by atoms with Gasteiger partial charge in [0.1, 0.15) is 11.3 Å². The zero-order valence-electron chi connectivity index (χ0n) is 15.7. The molecule has 1 amide bonds. The van der Waals surface area contributed by atoms with Crippen molar-refractivity contribution in [1.29, 1.82) is 0 Å². The number of piperidine rings is 1. The minimum absolute atomic E-state index is 0. The van der Waals surface area contributed by atoms with Crippen LogP contribution >= 0.6 is 24.0 Å². The van der Waals surface area contributed by atoms with E-state index in [-0.39, 0.29) is 29.6 Å². The summed E-state index contributed by atoms with van der Waals surface area (Å²) in [5.74, 6) is 0.371. The van der Waals surface area contributed by atoms with Gasteiger partial charge in [-0.25, -0.2) is 0 Å². The van der Waals surface area contributed by atoms with Crippen LogP contribution in [0.25, 0.3) is 11.0 Å². The van der Waals surface area contributed by atoms with Crippen molar-refractivity contribution in [1.82, 2.24) is 10.2 Å². The predicted octanol–water partition coefficient (Wildman–Crippen LogP) is 4.42. The number of amides is 1. The van der Waals surface area contributed by atoms with E-state index in [0.29, 0.717) is 22.5 Å². The molecule has 6 nitrogen and oxygen atoms in total. The number of hydrogen-bond acceptors (Lipinski definition) is 5. The largest absolute Gasteiger partial charge is 0.468 e. The van der Waals surface area contributed by atoms with E-state index < -0.39 is 5.91 Å². The Morgan fingerprint density at radius 1 is 1.17 bits per heavy atom. The van der Waals surface area contributed by atoms with Crippen molar-refractivity contribution in [3.8, 4) is 0 Å². The third-order valence-corrected chi connectivity index (χ3v) is 5.31. The van der Waals surface area contributed by atoms with Gasteiger partial charge in [-0.05, 0) is 56.3 Å². The molecule has 29 heavy (non-hydrogen) atoms. The average Bonchev–Trinajstić information content (AvgIpc) is 3.24. The van der Waals surface area contributed by atoms with Gasteiger partial charge in [0.25, 0.3) is 5.91 Å². The molecule has 3 heterocycles. The van der Waals surface area contributed by atoms with E-state index in [1.807, 2.05) is 12.1 Å². The molecule has 2 aromatic heterocycles. The summed E-state index contributed by atoms with van der Waals surface area (Å²) in [7, 11) is 0. The SMILES string of the molecule is Cl.O=C(NCC(c1ccco1)N1CCCCC1)c1cc(=O)c2cc(Cl)ccc2o1. The van der Waals surface area contributed by atoms with Crippen LogP contribution in [-0.2, 0) is 0 Å². The van der Waals surface area contributed by atoms with Crippen LogP contribution in [0.3, 0.4) is 0 Å². The highest BCUT2D eigenvalue weighted by Crippen LogP contribution is 2.25. The highest BCUT2D eigenvalue weighted by atomic mass is 35.5. The lowest BCUT2D eigenvalue weighted by Gasteiger charge is -2.33. The fourth-order valence-electron chi connectivity index (χ4n) is 3.64. The maximum atomic E-state index is 12.6. The maximum Gasteiger partial charge on any atom is 0.287 e. The molecule has 8 heteroatoms. The van der Waals surface area contributed by atoms with Gasteiger partial charge in [0.05, 0.1) is 17.7 Å². The van der Waals surface area contributed by atoms with Crippen molar-refractivity contribution < 1.29 is 13.6 Å². The Balaban J connectivity index is 0.00000240. The molecular weight excluding hydrogens is 415 g/mol. The van der Waals surface area contributed by atoms with Gasteiger partial charge in [0.2, 0.25) is 0 Å². The van der Waals surface area contributed by atoms with Gasteiger partial charge in [-0.15, -0.1) is 12.4 Å². The van der Waals surface area contributed by atoms with Crippen LogP contribution in [0.2, 0.25) is 5.02 Å². The average molecular weight is 437 g/mol. The molecule has 1 saturated heterocycles. The van der Waals surface area contributed by atoms with Crippen molar-refractivity contribution in [2.45, 2.75) is 25.3 Å². The second kappa shape index (κ2) is 9.48. The molecule has 1 fully saturated rings. The molecule has 0 bridgehead atoms. The molecule has 1 aromatic carbocycles. The summed E-state index contributed by atoms with van der Waals surface area (Å²) in [5.41, 5.74) is 0.0354. The molecule has 0 saturated carbocycles. The summed E-state index contributed by atoms with van der Waals surface area (Å²) < 4.78 is 11.2. The molecule has 0 spiro atoms. The third-order valence-electron chi connectivity index (χ3n) is 5.07. The number of rotatable bonds is 5. The molecule has 1 unspecified atom stereocenters. The third kappa shape index (κ3) is 4.83. The number of carbonyl (C=O) groups is 1. The van der Waals surface area contributed by atoms with Crippen molar-refractivity contribution >= 4 is 40.9 Å². The fourth-order valence-corrected chi connectivity index (χ4v) is 3.81. The lowest BCUT2D eigenvalue weighted by Crippen LogP contribution is -2.40. The summed E-state index contributed by atoms with van der Waals surface area (Å²) in [6.45, 7) is 2.30. The highest BCUT2D eigenvalue weighted by molar-refractivity contribution is 6.31. The molecule has 1 N–H and O–H groups in total. The van der Waals surface area contributed by atoms with E-state index in [2.05, 4.69) is 10.2 Å². The minimum Gasteiger partial charge on any atom is -0.468 e. The number of likely N-dealkylation sites (tertiary alicyclic amines) is 1. The monoisotopic (exact) mass is 436 g/mol. The van der Waals surface area contributed by atoms with E-state index in [4.69, 9.17) is 20.4 Å². The lowest BCUT2D eigenvalue weighted by molar-refractivity contribution is 0.0888. The van der Waals surface area contributed by atoms with E-state index in [0.717, 1.165) is 31.7 Å². The number of furan rings is 1. The summed E-state index contributed by atoms with van der Waals surface area (Å²) in [6.07, 6.45) is 5.13. The van der Waals surface area contributed by atoms with Crippen molar-refractivity contribution in [3.05, 3.63) is 69.4 Å². The lowest BCUT2D eigenvalue weighted by atomic mass is 10.1. The molecule has 0 aliphatic carbocycles. The van der Waals surface area contributed by atoms with Crippen LogP contribution in [0.1, 0.15) is 41.6 Å². The van der Waals surface area contributed by atoms with Gasteiger partial charge in [-0.3, -0.25) is 14.5 Å². The smallest absolute Gasteiger partial charge is 0.287 e. The summed E-state index contributed by atoms with van der Waals surface area (Å²) >= 11 is 5.93. The van der Waals surface area contributed by atoms with Gasteiger partial charge in [0.15, 0.2) is 11.2 Å². The molecule has 3 aromatic rings. The van der Waals surface area contributed by atoms with Crippen LogP contribution < -0.4 is 10.7 Å². The van der Waals surface area contributed by atoms with E-state index in [9.17, 15) is 9.59 Å². The minimum atomic E-state index is -0.428. The topological polar surface area (TPSA) is 75.7 Å². The van der Waals surface area contributed by atoms with E-state index in [1.54, 1.807) is 18.4 Å². The van der Waals surface area contributed by atoms with Crippen molar-refractivity contribution in [3.63, 3.8) is 0 Å². The number of halogens is 2. The Kier molecular flexibility index (Phi) is 7.00. The first-order valence-electron chi connectivity index (χ1n) is 9.41. The van der Waals surface area contributed by atoms with Gasteiger partial charge < -0.3 is 14.2 Å². The number of fused-ring (bicyclic) bond motifs is 1. The molecular formula is C21H22Cl2N2O4. The van der Waals surface area contributed by atoms with Crippen LogP contribution in [0.4, 0.5) is 0 Å². The first kappa shape index (κ1) is 21.4. The van der Waals surface area contributed by atoms with E-state index >= 15 is 0 Å². The predicted molar refractivity (Wildman–Crippen MR) is 114 cm³/mol. The Labute approximate surface area is 179 Å². The summed E-state index contributed by atoms with van der Waals surface area (Å²) in [4.78, 5) is 27.3. The molecule has 1 aliphatic heterocycles. The second-order valence-corrected chi connectivity index (χ2v) is 7.39. The van der Waals surface area contributed by atoms with Gasteiger partial charge in [-0.2, -0.15) is 0 Å². The Morgan fingerprint density at radius 3 is 2.69 bits per heavy atom. The molecule has 154 valence electrons. The van der Waals surface area contributed by atoms with E-state index in [1.165, 1.54) is 18.6 Å². The number of carbonyl (C=O) groups excluding carboxylic acids is 1. The Hall–Kier alpha value is -2.28. The molecule has 1 aliphatic rings. The molecule has 0 radical (unpaired) electrons. The summed E-state index contributed by atoms with van der Waals surface area (Å²) in [6, 6.07) is 9.68. The van der Waals surface area contributed by atoms with Gasteiger partial charge in [-0.1, -0.05) is 18.0 Å². The zero-order chi connectivity index (χ0) is 19.5. The number of benzene rings is 1. The quantitative estimate of drug-likeness (QED) is 0.640. The highest BCUT2D eigenvalue weighted by Gasteiger charge is 2.25. The first-order chi connectivity index (χ1) is 13.6. The van der Waals surface area contributed by atoms with Crippen LogP contribution in [0.15, 0.2) is 56.3 Å². The van der Waals surface area contributed by atoms with Gasteiger partial charge >= 0.3 is 0 Å². The summed E-state index contributed by atoms with van der Waals surface area (Å²) in [5, 5.41) is 3.69. The maximum absolute atomic E-state index is 12.6. The Bertz CT molecular complexity index is 1030. The van der Waals surface area contributed by atoms with Crippen LogP contribution in [0, 0.1) is 0 Å². The van der Waals surface area contributed by atoms with Crippen LogP contribution in [-0.4, -0.2) is 30.4 Å². The first-order valence-corrected chi connectivity index (χ1v) is 9.79. The number of hydrogen-bond donors (Lipinski definition) is 1. The molecule has 1 atom stereocenters. The van der Waals surface area contributed by atoms with Crippen molar-refractivity contribution in [2.75, 3.05) is 19.6 Å². The number of nitrogens with one attached hydrogen (secondary N) is 1. The van der Waals surface area contributed by atoms with Crippen LogP contribution in [0.5, 0.6) is 0 Å². The second-order valence-electron chi connectivity index (χ2n) is 6.95. The Morgan fingerprint density at radius 2 is 1.97 bits per heavy atom. The number of nitrogens with zero attached hydrogens (tertiary/aromatic N) is 1. The zero-order valence-corrected chi connectivity index (χ0v) is 17.3.